The normalized spacial score (nSPS) is 24.7. The van der Waals surface area contributed by atoms with Crippen molar-refractivity contribution in [3.63, 3.8) is 0 Å². The molecule has 0 aliphatic carbocycles. The van der Waals surface area contributed by atoms with Crippen LogP contribution >= 0.6 is 11.8 Å². The van der Waals surface area contributed by atoms with E-state index in [-0.39, 0.29) is 12.1 Å². The van der Waals surface area contributed by atoms with Crippen LogP contribution in [-0.4, -0.2) is 24.4 Å². The standard InChI is InChI=1S/C6H9O3S/c1-5(7)8-2-6-3-10-4-9-6/h4,6H,2-3H2,1H3. The maximum atomic E-state index is 10.3. The van der Waals surface area contributed by atoms with Crippen molar-refractivity contribution in [3.8, 4) is 0 Å². The van der Waals surface area contributed by atoms with Gasteiger partial charge in [-0.05, 0) is 0 Å². The van der Waals surface area contributed by atoms with Gasteiger partial charge in [0.15, 0.2) is 0 Å². The summed E-state index contributed by atoms with van der Waals surface area (Å²) in [5.74, 6) is 2.31. The molecule has 57 valence electrons. The lowest BCUT2D eigenvalue weighted by Gasteiger charge is -2.06. The van der Waals surface area contributed by atoms with Crippen molar-refractivity contribution in [2.45, 2.75) is 13.0 Å². The first-order valence-corrected chi connectivity index (χ1v) is 4.06. The maximum Gasteiger partial charge on any atom is 0.302 e. The predicted octanol–water partition coefficient (Wildman–Crippen LogP) is 0.801. The lowest BCUT2D eigenvalue weighted by Crippen LogP contribution is -2.18. The van der Waals surface area contributed by atoms with Gasteiger partial charge in [0.05, 0.1) is 0 Å². The zero-order chi connectivity index (χ0) is 7.40. The lowest BCUT2D eigenvalue weighted by atomic mass is 10.4. The van der Waals surface area contributed by atoms with Crippen molar-refractivity contribution in [2.75, 3.05) is 12.4 Å². The summed E-state index contributed by atoms with van der Waals surface area (Å²) in [6, 6.07) is 0. The van der Waals surface area contributed by atoms with E-state index < -0.39 is 0 Å². The fourth-order valence-corrected chi connectivity index (χ4v) is 1.31. The van der Waals surface area contributed by atoms with Crippen LogP contribution in [0.15, 0.2) is 0 Å². The van der Waals surface area contributed by atoms with Gasteiger partial charge in [0, 0.05) is 12.7 Å². The molecule has 1 fully saturated rings. The Bertz CT molecular complexity index is 120. The van der Waals surface area contributed by atoms with Crippen LogP contribution in [-0.2, 0) is 14.3 Å². The van der Waals surface area contributed by atoms with E-state index in [4.69, 9.17) is 9.47 Å². The first-order valence-electron chi connectivity index (χ1n) is 3.01. The number of carbonyl (C=O) groups is 1. The third-order valence-corrected chi connectivity index (χ3v) is 1.88. The van der Waals surface area contributed by atoms with Crippen LogP contribution in [0.1, 0.15) is 6.92 Å². The van der Waals surface area contributed by atoms with Crippen LogP contribution in [0.2, 0.25) is 0 Å². The monoisotopic (exact) mass is 161 g/mol. The minimum atomic E-state index is -0.250. The SMILES string of the molecule is CC(=O)OCC1CS[CH]O1. The van der Waals surface area contributed by atoms with Gasteiger partial charge in [0.25, 0.3) is 0 Å². The van der Waals surface area contributed by atoms with Crippen molar-refractivity contribution in [1.82, 2.24) is 0 Å². The van der Waals surface area contributed by atoms with Gasteiger partial charge < -0.3 is 9.47 Å². The average Bonchev–Trinajstić information content (AvgIpc) is 2.34. The van der Waals surface area contributed by atoms with Gasteiger partial charge in [0.2, 0.25) is 0 Å². The molecule has 1 radical (unpaired) electrons. The molecule has 1 aliphatic heterocycles. The second-order valence-electron chi connectivity index (χ2n) is 1.99. The number of hydrogen-bond acceptors (Lipinski definition) is 4. The smallest absolute Gasteiger partial charge is 0.302 e. The highest BCUT2D eigenvalue weighted by Crippen LogP contribution is 2.20. The van der Waals surface area contributed by atoms with E-state index in [1.54, 1.807) is 17.7 Å². The zero-order valence-electron chi connectivity index (χ0n) is 5.70. The molecule has 1 saturated heterocycles. The molecule has 0 amide bonds. The Balaban J connectivity index is 2.07. The predicted molar refractivity (Wildman–Crippen MR) is 38.3 cm³/mol. The van der Waals surface area contributed by atoms with Gasteiger partial charge in [-0.25, -0.2) is 0 Å². The number of hydrogen-bond donors (Lipinski definition) is 0. The van der Waals surface area contributed by atoms with E-state index in [0.29, 0.717) is 6.61 Å². The molecule has 3 nitrogen and oxygen atoms in total. The summed E-state index contributed by atoms with van der Waals surface area (Å²) in [4.78, 5) is 10.3. The molecule has 4 heteroatoms. The molecule has 0 aromatic heterocycles. The van der Waals surface area contributed by atoms with Crippen molar-refractivity contribution in [3.05, 3.63) is 5.94 Å². The summed E-state index contributed by atoms with van der Waals surface area (Å²) in [5, 5.41) is 0. The quantitative estimate of drug-likeness (QED) is 0.561. The summed E-state index contributed by atoms with van der Waals surface area (Å²) in [7, 11) is 0. The van der Waals surface area contributed by atoms with Crippen LogP contribution in [0.4, 0.5) is 0 Å². The second-order valence-corrected chi connectivity index (χ2v) is 2.85. The Morgan fingerprint density at radius 1 is 2.00 bits per heavy atom. The minimum Gasteiger partial charge on any atom is -0.463 e. The van der Waals surface area contributed by atoms with Crippen molar-refractivity contribution in [2.24, 2.45) is 0 Å². The molecule has 0 aromatic rings. The lowest BCUT2D eigenvalue weighted by molar-refractivity contribution is -0.143. The minimum absolute atomic E-state index is 0.0638. The van der Waals surface area contributed by atoms with Crippen LogP contribution in [0.5, 0.6) is 0 Å². The van der Waals surface area contributed by atoms with Gasteiger partial charge in [-0.3, -0.25) is 4.79 Å². The maximum absolute atomic E-state index is 10.3. The third kappa shape index (κ3) is 2.58. The number of thioether (sulfide) groups is 1. The Morgan fingerprint density at radius 3 is 3.30 bits per heavy atom. The molecule has 0 aromatic carbocycles. The molecule has 0 saturated carbocycles. The fraction of sp³-hybridized carbons (Fsp3) is 0.667. The van der Waals surface area contributed by atoms with E-state index in [9.17, 15) is 4.79 Å². The Morgan fingerprint density at radius 2 is 2.80 bits per heavy atom. The molecule has 0 bridgehead atoms. The summed E-state index contributed by atoms with van der Waals surface area (Å²) < 4.78 is 9.79. The van der Waals surface area contributed by atoms with E-state index >= 15 is 0 Å². The Kier molecular flexibility index (Phi) is 3.02. The largest absolute Gasteiger partial charge is 0.463 e. The summed E-state index contributed by atoms with van der Waals surface area (Å²) in [6.45, 7) is 1.77. The van der Waals surface area contributed by atoms with Gasteiger partial charge in [-0.15, -0.1) is 11.8 Å². The molecule has 1 heterocycles. The van der Waals surface area contributed by atoms with Gasteiger partial charge >= 0.3 is 5.97 Å². The third-order valence-electron chi connectivity index (χ3n) is 1.07. The van der Waals surface area contributed by atoms with E-state index in [1.807, 2.05) is 0 Å². The first-order chi connectivity index (χ1) is 4.79. The average molecular weight is 161 g/mol. The summed E-state index contributed by atoms with van der Waals surface area (Å²) in [6.07, 6.45) is 0.0638. The zero-order valence-corrected chi connectivity index (χ0v) is 6.52. The van der Waals surface area contributed by atoms with Gasteiger partial charge in [-0.2, -0.15) is 0 Å². The highest BCUT2D eigenvalue weighted by atomic mass is 32.2. The van der Waals surface area contributed by atoms with Crippen LogP contribution in [0.3, 0.4) is 0 Å². The molecule has 10 heavy (non-hydrogen) atoms. The summed E-state index contributed by atoms with van der Waals surface area (Å²) in [5.41, 5.74) is 0. The van der Waals surface area contributed by atoms with Gasteiger partial charge in [-0.1, -0.05) is 0 Å². The number of ether oxygens (including phenoxy) is 2. The first kappa shape index (κ1) is 7.88. The van der Waals surface area contributed by atoms with E-state index in [0.717, 1.165) is 5.75 Å². The van der Waals surface area contributed by atoms with Crippen LogP contribution in [0, 0.1) is 5.94 Å². The van der Waals surface area contributed by atoms with Gasteiger partial charge in [0.1, 0.15) is 18.6 Å². The number of carbonyl (C=O) groups excluding carboxylic acids is 1. The van der Waals surface area contributed by atoms with Crippen LogP contribution in [0.25, 0.3) is 0 Å². The Labute approximate surface area is 64.1 Å². The van der Waals surface area contributed by atoms with Crippen molar-refractivity contribution >= 4 is 17.7 Å². The Hall–Kier alpha value is -0.220. The van der Waals surface area contributed by atoms with Crippen LogP contribution < -0.4 is 0 Å². The number of rotatable bonds is 2. The molecule has 1 unspecified atom stereocenters. The molecule has 0 N–H and O–H groups in total. The van der Waals surface area contributed by atoms with Crippen molar-refractivity contribution < 1.29 is 14.3 Å². The highest BCUT2D eigenvalue weighted by molar-refractivity contribution is 8.01. The highest BCUT2D eigenvalue weighted by Gasteiger charge is 2.17. The van der Waals surface area contributed by atoms with E-state index in [1.165, 1.54) is 6.92 Å². The van der Waals surface area contributed by atoms with E-state index in [2.05, 4.69) is 0 Å². The molecule has 0 spiro atoms. The molecular formula is C6H9O3S. The molecular weight excluding hydrogens is 152 g/mol. The fourth-order valence-electron chi connectivity index (χ4n) is 0.601. The second kappa shape index (κ2) is 3.83. The van der Waals surface area contributed by atoms with Crippen molar-refractivity contribution in [1.29, 1.82) is 0 Å². The molecule has 1 aliphatic rings. The summed E-state index contributed by atoms with van der Waals surface area (Å²) >= 11 is 1.60. The number of esters is 1. The topological polar surface area (TPSA) is 35.5 Å². The molecule has 1 rings (SSSR count). The molecule has 1 atom stereocenters.